The fraction of sp³-hybridized carbons (Fsp3) is 0.600. The molecule has 0 radical (unpaired) electrons. The van der Waals surface area contributed by atoms with E-state index in [0.29, 0.717) is 16.7 Å². The van der Waals surface area contributed by atoms with Crippen LogP contribution in [0.5, 0.6) is 0 Å². The van der Waals surface area contributed by atoms with Crippen molar-refractivity contribution in [2.75, 3.05) is 0 Å². The van der Waals surface area contributed by atoms with Crippen LogP contribution >= 0.6 is 15.9 Å². The molecule has 1 saturated carbocycles. The lowest BCUT2D eigenvalue weighted by Crippen LogP contribution is -2.43. The molecular formula is C15H22BrNO2S. The molecule has 0 aromatic heterocycles. The molecule has 1 fully saturated rings. The smallest absolute Gasteiger partial charge is 0.208 e. The Hall–Kier alpha value is -0.390. The highest BCUT2D eigenvalue weighted by Gasteiger charge is 2.31. The average molecular weight is 360 g/mol. The molecule has 1 aliphatic carbocycles. The second kappa shape index (κ2) is 6.58. The summed E-state index contributed by atoms with van der Waals surface area (Å²) in [4.78, 5) is 0.333. The minimum Gasteiger partial charge on any atom is -0.208 e. The Labute approximate surface area is 130 Å². The Morgan fingerprint density at radius 1 is 1.25 bits per heavy atom. The van der Waals surface area contributed by atoms with E-state index in [1.807, 2.05) is 6.07 Å². The van der Waals surface area contributed by atoms with Crippen molar-refractivity contribution in [2.45, 2.75) is 50.5 Å². The van der Waals surface area contributed by atoms with E-state index in [0.717, 1.165) is 23.7 Å². The minimum atomic E-state index is -3.43. The van der Waals surface area contributed by atoms with Crippen LogP contribution in [-0.4, -0.2) is 14.5 Å². The van der Waals surface area contributed by atoms with Crippen LogP contribution in [0.1, 0.15) is 39.5 Å². The van der Waals surface area contributed by atoms with Gasteiger partial charge >= 0.3 is 0 Å². The molecule has 112 valence electrons. The first-order valence-electron chi connectivity index (χ1n) is 7.18. The van der Waals surface area contributed by atoms with Gasteiger partial charge in [-0.15, -0.1) is 0 Å². The van der Waals surface area contributed by atoms with Gasteiger partial charge in [-0.1, -0.05) is 48.7 Å². The molecule has 3 nitrogen and oxygen atoms in total. The molecule has 5 heteroatoms. The van der Waals surface area contributed by atoms with Crippen molar-refractivity contribution < 1.29 is 8.42 Å². The molecule has 0 aliphatic heterocycles. The molecule has 0 amide bonds. The number of hydrogen-bond acceptors (Lipinski definition) is 2. The lowest BCUT2D eigenvalue weighted by molar-refractivity contribution is 0.226. The molecule has 1 aromatic rings. The van der Waals surface area contributed by atoms with Crippen molar-refractivity contribution in [2.24, 2.45) is 11.8 Å². The maximum absolute atomic E-state index is 12.5. The van der Waals surface area contributed by atoms with Crippen molar-refractivity contribution in [1.29, 1.82) is 0 Å². The summed E-state index contributed by atoms with van der Waals surface area (Å²) in [5.74, 6) is 0.941. The number of rotatable bonds is 4. The highest BCUT2D eigenvalue weighted by atomic mass is 79.9. The van der Waals surface area contributed by atoms with Gasteiger partial charge in [-0.3, -0.25) is 0 Å². The second-order valence-corrected chi connectivity index (χ2v) is 8.51. The fourth-order valence-corrected chi connectivity index (χ4v) is 4.92. The average Bonchev–Trinajstić information content (AvgIpc) is 2.38. The minimum absolute atomic E-state index is 0.0627. The van der Waals surface area contributed by atoms with Gasteiger partial charge in [0.1, 0.15) is 0 Å². The molecule has 0 saturated heterocycles. The van der Waals surface area contributed by atoms with Crippen LogP contribution < -0.4 is 4.72 Å². The molecule has 20 heavy (non-hydrogen) atoms. The topological polar surface area (TPSA) is 46.2 Å². The van der Waals surface area contributed by atoms with Crippen LogP contribution in [0.2, 0.25) is 0 Å². The van der Waals surface area contributed by atoms with Crippen molar-refractivity contribution >= 4 is 26.0 Å². The van der Waals surface area contributed by atoms with E-state index in [4.69, 9.17) is 0 Å². The van der Waals surface area contributed by atoms with Gasteiger partial charge in [0.25, 0.3) is 0 Å². The highest BCUT2D eigenvalue weighted by Crippen LogP contribution is 2.31. The number of benzene rings is 1. The van der Waals surface area contributed by atoms with E-state index in [-0.39, 0.29) is 6.04 Å². The highest BCUT2D eigenvalue weighted by molar-refractivity contribution is 9.10. The summed E-state index contributed by atoms with van der Waals surface area (Å²) in [6.45, 7) is 4.35. The van der Waals surface area contributed by atoms with Crippen LogP contribution in [0.4, 0.5) is 0 Å². The molecule has 1 aromatic carbocycles. The largest absolute Gasteiger partial charge is 0.240 e. The van der Waals surface area contributed by atoms with Gasteiger partial charge in [0, 0.05) is 10.5 Å². The van der Waals surface area contributed by atoms with Crippen molar-refractivity contribution in [1.82, 2.24) is 4.72 Å². The molecule has 1 aliphatic rings. The van der Waals surface area contributed by atoms with Gasteiger partial charge in [-0.25, -0.2) is 13.1 Å². The van der Waals surface area contributed by atoms with Gasteiger partial charge in [0.05, 0.1) is 4.90 Å². The Kier molecular flexibility index (Phi) is 5.26. The zero-order valence-electron chi connectivity index (χ0n) is 12.0. The maximum atomic E-state index is 12.5. The number of sulfonamides is 1. The van der Waals surface area contributed by atoms with Gasteiger partial charge in [-0.2, -0.15) is 0 Å². The summed E-state index contributed by atoms with van der Waals surface area (Å²) in [6, 6.07) is 6.93. The van der Waals surface area contributed by atoms with Crippen molar-refractivity contribution in [3.8, 4) is 0 Å². The zero-order valence-corrected chi connectivity index (χ0v) is 14.4. The molecule has 0 heterocycles. The van der Waals surface area contributed by atoms with E-state index < -0.39 is 10.0 Å². The van der Waals surface area contributed by atoms with Crippen LogP contribution in [0.3, 0.4) is 0 Å². The van der Waals surface area contributed by atoms with Gasteiger partial charge in [0.15, 0.2) is 0 Å². The molecule has 2 rings (SSSR count). The molecule has 0 bridgehead atoms. The first kappa shape index (κ1) is 16.0. The monoisotopic (exact) mass is 359 g/mol. The third-order valence-electron chi connectivity index (χ3n) is 4.09. The van der Waals surface area contributed by atoms with E-state index in [1.54, 1.807) is 18.2 Å². The number of halogens is 1. The third kappa shape index (κ3) is 3.83. The summed E-state index contributed by atoms with van der Waals surface area (Å²) in [5.41, 5.74) is 0. The zero-order chi connectivity index (χ0) is 14.8. The Balaban J connectivity index is 2.18. The van der Waals surface area contributed by atoms with Crippen molar-refractivity contribution in [3.05, 3.63) is 28.7 Å². The predicted molar refractivity (Wildman–Crippen MR) is 85.0 cm³/mol. The summed E-state index contributed by atoms with van der Waals surface area (Å²) in [5, 5.41) is 0. The SMILES string of the molecule is CC(C)C1CCCCC1NS(=O)(=O)c1cccc(Br)c1. The quantitative estimate of drug-likeness (QED) is 0.884. The molecular weight excluding hydrogens is 338 g/mol. The predicted octanol–water partition coefficient (Wildman–Crippen LogP) is 3.94. The lowest BCUT2D eigenvalue weighted by Gasteiger charge is -2.34. The Morgan fingerprint density at radius 3 is 2.60 bits per heavy atom. The van der Waals surface area contributed by atoms with Crippen LogP contribution in [0.25, 0.3) is 0 Å². The maximum Gasteiger partial charge on any atom is 0.240 e. The second-order valence-electron chi connectivity index (χ2n) is 5.88. The first-order chi connectivity index (χ1) is 9.40. The molecule has 2 unspecified atom stereocenters. The third-order valence-corrected chi connectivity index (χ3v) is 6.07. The van der Waals surface area contributed by atoms with Gasteiger partial charge < -0.3 is 0 Å². The van der Waals surface area contributed by atoms with E-state index in [1.165, 1.54) is 6.42 Å². The van der Waals surface area contributed by atoms with Crippen LogP contribution in [0, 0.1) is 11.8 Å². The fourth-order valence-electron chi connectivity index (χ4n) is 3.01. The van der Waals surface area contributed by atoms with E-state index in [9.17, 15) is 8.42 Å². The van der Waals surface area contributed by atoms with Crippen molar-refractivity contribution in [3.63, 3.8) is 0 Å². The summed E-state index contributed by atoms with van der Waals surface area (Å²) >= 11 is 3.32. The normalized spacial score (nSPS) is 24.0. The van der Waals surface area contributed by atoms with Crippen LogP contribution in [-0.2, 0) is 10.0 Å². The molecule has 2 atom stereocenters. The summed E-state index contributed by atoms with van der Waals surface area (Å²) < 4.78 is 28.7. The molecule has 1 N–H and O–H groups in total. The van der Waals surface area contributed by atoms with Gasteiger partial charge in [-0.05, 0) is 42.9 Å². The van der Waals surface area contributed by atoms with Gasteiger partial charge in [0.2, 0.25) is 10.0 Å². The first-order valence-corrected chi connectivity index (χ1v) is 9.45. The number of nitrogens with one attached hydrogen (secondary N) is 1. The summed E-state index contributed by atoms with van der Waals surface area (Å²) in [6.07, 6.45) is 4.37. The molecule has 0 spiro atoms. The lowest BCUT2D eigenvalue weighted by atomic mass is 9.78. The van der Waals surface area contributed by atoms with E-state index >= 15 is 0 Å². The van der Waals surface area contributed by atoms with Crippen LogP contribution in [0.15, 0.2) is 33.6 Å². The summed E-state index contributed by atoms with van der Waals surface area (Å²) in [7, 11) is -3.43. The van der Waals surface area contributed by atoms with E-state index in [2.05, 4.69) is 34.5 Å². The standard InChI is InChI=1S/C15H22BrNO2S/c1-11(2)14-8-3-4-9-15(14)17-20(18,19)13-7-5-6-12(16)10-13/h5-7,10-11,14-15,17H,3-4,8-9H2,1-2H3. The number of hydrogen-bond donors (Lipinski definition) is 1. The Morgan fingerprint density at radius 2 is 1.95 bits per heavy atom. The Bertz CT molecular complexity index is 557.